The maximum Gasteiger partial charge on any atom is 0.246 e. The Morgan fingerprint density at radius 2 is 1.67 bits per heavy atom. The molecule has 0 N–H and O–H groups in total. The monoisotopic (exact) mass is 232 g/mol. The van der Waals surface area contributed by atoms with Crippen LogP contribution in [0.3, 0.4) is 0 Å². The predicted octanol–water partition coefficient (Wildman–Crippen LogP) is 1.88. The van der Waals surface area contributed by atoms with Gasteiger partial charge in [0.25, 0.3) is 0 Å². The fourth-order valence-electron chi connectivity index (χ4n) is 0.969. The van der Waals surface area contributed by atoms with Crippen LogP contribution in [0.1, 0.15) is 26.7 Å². The van der Waals surface area contributed by atoms with Crippen LogP contribution in [0.4, 0.5) is 0 Å². The summed E-state index contributed by atoms with van der Waals surface area (Å²) in [5, 5.41) is -0.914. The van der Waals surface area contributed by atoms with Crippen molar-refractivity contribution in [1.29, 1.82) is 0 Å². The minimum absolute atomic E-state index is 0.0949. The molecule has 0 aromatic rings. The molecule has 0 bridgehead atoms. The van der Waals surface area contributed by atoms with Crippen molar-refractivity contribution < 1.29 is 13.2 Å². The average Bonchev–Trinajstić information content (AvgIpc) is 1.87. The second-order valence-electron chi connectivity index (χ2n) is 2.41. The van der Waals surface area contributed by atoms with Crippen LogP contribution in [0.5, 0.6) is 0 Å². The SMILES string of the molecule is CCC(CC)(C(=O)Cl)S(=O)(=O)Cl. The molecule has 0 aliphatic rings. The van der Waals surface area contributed by atoms with Gasteiger partial charge in [-0.1, -0.05) is 13.8 Å². The van der Waals surface area contributed by atoms with Gasteiger partial charge in [0, 0.05) is 10.7 Å². The van der Waals surface area contributed by atoms with Gasteiger partial charge in [-0.2, -0.15) is 0 Å². The fraction of sp³-hybridized carbons (Fsp3) is 0.833. The Morgan fingerprint density at radius 1 is 1.33 bits per heavy atom. The molecule has 0 radical (unpaired) electrons. The minimum atomic E-state index is -3.94. The number of hydrogen-bond acceptors (Lipinski definition) is 3. The van der Waals surface area contributed by atoms with Crippen LogP contribution in [-0.2, 0) is 13.8 Å². The normalized spacial score (nSPS) is 13.0. The third kappa shape index (κ3) is 1.92. The molecule has 12 heavy (non-hydrogen) atoms. The minimum Gasteiger partial charge on any atom is -0.279 e. The Labute approximate surface area is 81.5 Å². The van der Waals surface area contributed by atoms with E-state index in [1.165, 1.54) is 0 Å². The number of carbonyl (C=O) groups excluding carboxylic acids is 1. The van der Waals surface area contributed by atoms with E-state index in [0.717, 1.165) is 0 Å². The largest absolute Gasteiger partial charge is 0.279 e. The Morgan fingerprint density at radius 3 is 1.67 bits per heavy atom. The van der Waals surface area contributed by atoms with E-state index in [1.807, 2.05) is 0 Å². The van der Waals surface area contributed by atoms with Crippen LogP contribution < -0.4 is 0 Å². The summed E-state index contributed by atoms with van der Waals surface area (Å²) in [7, 11) is 1.18. The van der Waals surface area contributed by atoms with Crippen LogP contribution in [0.2, 0.25) is 0 Å². The number of carbonyl (C=O) groups is 1. The molecule has 0 aliphatic carbocycles. The Hall–Kier alpha value is 0.200. The third-order valence-electron chi connectivity index (χ3n) is 1.97. The average molecular weight is 233 g/mol. The van der Waals surface area contributed by atoms with Gasteiger partial charge in [0.05, 0.1) is 0 Å². The molecule has 0 saturated carbocycles. The summed E-state index contributed by atoms with van der Waals surface area (Å²) < 4.78 is 20.4. The van der Waals surface area contributed by atoms with E-state index in [4.69, 9.17) is 22.3 Å². The lowest BCUT2D eigenvalue weighted by Crippen LogP contribution is -2.40. The van der Waals surface area contributed by atoms with Gasteiger partial charge in [0.1, 0.15) is 0 Å². The number of rotatable bonds is 4. The number of halogens is 2. The van der Waals surface area contributed by atoms with E-state index < -0.39 is 19.0 Å². The zero-order chi connectivity index (χ0) is 9.99. The van der Waals surface area contributed by atoms with Crippen LogP contribution in [0.15, 0.2) is 0 Å². The molecule has 0 heterocycles. The molecular weight excluding hydrogens is 223 g/mol. The molecule has 0 spiro atoms. The maximum atomic E-state index is 11.0. The van der Waals surface area contributed by atoms with Crippen LogP contribution in [-0.4, -0.2) is 18.4 Å². The van der Waals surface area contributed by atoms with Crippen molar-refractivity contribution >= 4 is 36.6 Å². The van der Waals surface area contributed by atoms with Crippen molar-refractivity contribution in [3.63, 3.8) is 0 Å². The van der Waals surface area contributed by atoms with E-state index in [0.29, 0.717) is 0 Å². The maximum absolute atomic E-state index is 11.0. The lowest BCUT2D eigenvalue weighted by atomic mass is 10.0. The summed E-state index contributed by atoms with van der Waals surface area (Å²) >= 11 is 5.18. The molecule has 0 rings (SSSR count). The van der Waals surface area contributed by atoms with Gasteiger partial charge >= 0.3 is 0 Å². The van der Waals surface area contributed by atoms with Crippen molar-refractivity contribution in [2.45, 2.75) is 31.4 Å². The fourth-order valence-corrected chi connectivity index (χ4v) is 3.41. The van der Waals surface area contributed by atoms with Gasteiger partial charge in [-0.25, -0.2) is 8.42 Å². The molecule has 72 valence electrons. The summed E-state index contributed by atoms with van der Waals surface area (Å²) in [5.41, 5.74) is 0. The highest BCUT2D eigenvalue weighted by atomic mass is 35.7. The summed E-state index contributed by atoms with van der Waals surface area (Å²) in [5.74, 6) is 0. The van der Waals surface area contributed by atoms with Gasteiger partial charge in [-0.15, -0.1) is 0 Å². The first-order valence-corrected chi connectivity index (χ1v) is 6.14. The first-order valence-electron chi connectivity index (χ1n) is 3.46. The Balaban J connectivity index is 5.27. The topological polar surface area (TPSA) is 51.2 Å². The summed E-state index contributed by atoms with van der Waals surface area (Å²) in [4.78, 5) is 10.9. The lowest BCUT2D eigenvalue weighted by Gasteiger charge is -2.22. The highest BCUT2D eigenvalue weighted by Crippen LogP contribution is 2.31. The van der Waals surface area contributed by atoms with Crippen molar-refractivity contribution in [2.24, 2.45) is 0 Å². The predicted molar refractivity (Wildman–Crippen MR) is 48.9 cm³/mol. The lowest BCUT2D eigenvalue weighted by molar-refractivity contribution is -0.114. The molecule has 0 aromatic carbocycles. The standard InChI is InChI=1S/C6H10Cl2O3S/c1-3-6(4-2,5(7)9)12(8,10)11/h3-4H2,1-2H3. The summed E-state index contributed by atoms with van der Waals surface area (Å²) in [6.07, 6.45) is 0.190. The van der Waals surface area contributed by atoms with Crippen LogP contribution >= 0.6 is 22.3 Å². The first-order chi connectivity index (χ1) is 5.31. The second kappa shape index (κ2) is 3.94. The molecule has 0 saturated heterocycles. The highest BCUT2D eigenvalue weighted by Gasteiger charge is 2.45. The van der Waals surface area contributed by atoms with E-state index in [-0.39, 0.29) is 12.8 Å². The van der Waals surface area contributed by atoms with Crippen molar-refractivity contribution in [3.8, 4) is 0 Å². The number of hydrogen-bond donors (Lipinski definition) is 0. The van der Waals surface area contributed by atoms with Crippen molar-refractivity contribution in [2.75, 3.05) is 0 Å². The molecule has 0 atom stereocenters. The van der Waals surface area contributed by atoms with E-state index in [9.17, 15) is 13.2 Å². The van der Waals surface area contributed by atoms with Gasteiger partial charge in [-0.3, -0.25) is 4.79 Å². The first kappa shape index (κ1) is 12.2. The van der Waals surface area contributed by atoms with E-state index >= 15 is 0 Å². The molecular formula is C6H10Cl2O3S. The van der Waals surface area contributed by atoms with Gasteiger partial charge in [-0.05, 0) is 24.4 Å². The van der Waals surface area contributed by atoms with E-state index in [1.54, 1.807) is 13.8 Å². The summed E-state index contributed by atoms with van der Waals surface area (Å²) in [6.45, 7) is 3.12. The quantitative estimate of drug-likeness (QED) is 0.696. The van der Waals surface area contributed by atoms with Crippen molar-refractivity contribution in [1.82, 2.24) is 0 Å². The van der Waals surface area contributed by atoms with Gasteiger partial charge in [0.15, 0.2) is 4.75 Å². The molecule has 0 aliphatic heterocycles. The van der Waals surface area contributed by atoms with Crippen molar-refractivity contribution in [3.05, 3.63) is 0 Å². The zero-order valence-electron chi connectivity index (χ0n) is 6.80. The van der Waals surface area contributed by atoms with E-state index in [2.05, 4.69) is 0 Å². The smallest absolute Gasteiger partial charge is 0.246 e. The summed E-state index contributed by atoms with van der Waals surface area (Å²) in [6, 6.07) is 0. The molecule has 3 nitrogen and oxygen atoms in total. The molecule has 0 amide bonds. The van der Waals surface area contributed by atoms with Crippen LogP contribution in [0, 0.1) is 0 Å². The Kier molecular flexibility index (Phi) is 4.00. The molecule has 0 unspecified atom stereocenters. The Bertz CT molecular complexity index is 267. The molecule has 0 fully saturated rings. The zero-order valence-corrected chi connectivity index (χ0v) is 9.13. The van der Waals surface area contributed by atoms with Crippen LogP contribution in [0.25, 0.3) is 0 Å². The molecule has 6 heteroatoms. The highest BCUT2D eigenvalue weighted by molar-refractivity contribution is 8.15. The third-order valence-corrected chi connectivity index (χ3v) is 5.02. The second-order valence-corrected chi connectivity index (χ2v) is 5.63. The van der Waals surface area contributed by atoms with Gasteiger partial charge < -0.3 is 0 Å². The van der Waals surface area contributed by atoms with Gasteiger partial charge in [0.2, 0.25) is 14.3 Å². The molecule has 0 aromatic heterocycles.